The van der Waals surface area contributed by atoms with Gasteiger partial charge in [-0.05, 0) is 74.6 Å². The Morgan fingerprint density at radius 2 is 1.93 bits per heavy atom. The van der Waals surface area contributed by atoms with Crippen LogP contribution in [0.3, 0.4) is 0 Å². The van der Waals surface area contributed by atoms with Crippen LogP contribution < -0.4 is 0 Å². The van der Waals surface area contributed by atoms with Crippen molar-refractivity contribution in [3.05, 3.63) is 60.2 Å². The van der Waals surface area contributed by atoms with Gasteiger partial charge in [0.2, 0.25) is 0 Å². The fourth-order valence-electron chi connectivity index (χ4n) is 10.4. The van der Waals surface area contributed by atoms with Crippen molar-refractivity contribution in [3.63, 3.8) is 0 Å². The number of hydrogen-bond donors (Lipinski definition) is 1. The normalized spacial score (nSPS) is 41.9. The summed E-state index contributed by atoms with van der Waals surface area (Å²) in [5.74, 6) is 1.09. The Morgan fingerprint density at radius 3 is 2.77 bits per heavy atom. The number of hydrogen-bond acceptors (Lipinski definition) is 7. The molecular formula is C36H41NO5S. The highest BCUT2D eigenvalue weighted by Gasteiger charge is 2.76. The van der Waals surface area contributed by atoms with E-state index in [1.165, 1.54) is 24.6 Å². The number of aliphatic hydroxyl groups is 1. The van der Waals surface area contributed by atoms with Crippen LogP contribution in [0.2, 0.25) is 0 Å². The second-order valence-corrected chi connectivity index (χ2v) is 15.4. The van der Waals surface area contributed by atoms with E-state index in [0.29, 0.717) is 12.3 Å². The van der Waals surface area contributed by atoms with Gasteiger partial charge in [0.05, 0.1) is 28.5 Å². The third kappa shape index (κ3) is 4.07. The summed E-state index contributed by atoms with van der Waals surface area (Å²) in [5, 5.41) is 13.9. The summed E-state index contributed by atoms with van der Waals surface area (Å²) in [4.78, 5) is 31.8. The molecule has 1 aromatic heterocycles. The van der Waals surface area contributed by atoms with Crippen LogP contribution in [0.5, 0.6) is 0 Å². The summed E-state index contributed by atoms with van der Waals surface area (Å²) in [6.07, 6.45) is 11.7. The Balaban J connectivity index is 1.13. The van der Waals surface area contributed by atoms with Crippen molar-refractivity contribution in [1.29, 1.82) is 0 Å². The molecule has 0 radical (unpaired) electrons. The number of para-hydroxylation sites is 1. The Bertz CT molecular complexity index is 1550. The van der Waals surface area contributed by atoms with E-state index in [1.807, 2.05) is 36.4 Å². The molecule has 226 valence electrons. The zero-order valence-corrected chi connectivity index (χ0v) is 25.9. The van der Waals surface area contributed by atoms with Crippen molar-refractivity contribution in [2.75, 3.05) is 5.75 Å². The van der Waals surface area contributed by atoms with E-state index in [4.69, 9.17) is 14.5 Å². The molecule has 6 aliphatic rings. The zero-order chi connectivity index (χ0) is 29.6. The lowest BCUT2D eigenvalue weighted by Gasteiger charge is -2.59. The minimum atomic E-state index is -1.09. The van der Waals surface area contributed by atoms with Gasteiger partial charge < -0.3 is 14.6 Å². The Kier molecular flexibility index (Phi) is 6.62. The monoisotopic (exact) mass is 599 g/mol. The minimum Gasteiger partial charge on any atom is -0.393 e. The largest absolute Gasteiger partial charge is 0.393 e. The summed E-state index contributed by atoms with van der Waals surface area (Å²) >= 11 is 1.48. The fourth-order valence-corrected chi connectivity index (χ4v) is 11.2. The highest BCUT2D eigenvalue weighted by atomic mass is 32.2. The van der Waals surface area contributed by atoms with Crippen LogP contribution >= 0.6 is 11.8 Å². The third-order valence-electron chi connectivity index (χ3n) is 12.4. The van der Waals surface area contributed by atoms with Gasteiger partial charge >= 0.3 is 0 Å². The predicted octanol–water partition coefficient (Wildman–Crippen LogP) is 6.46. The molecule has 2 heterocycles. The molecule has 43 heavy (non-hydrogen) atoms. The van der Waals surface area contributed by atoms with E-state index in [0.717, 1.165) is 53.6 Å². The van der Waals surface area contributed by atoms with Gasteiger partial charge in [0.1, 0.15) is 0 Å². The number of Topliss-reactive ketones (excluding diaryl/α,β-unsaturated/α-hetero) is 1. The molecule has 9 atom stereocenters. The Labute approximate surface area is 257 Å². The Hall–Kier alpha value is -2.32. The van der Waals surface area contributed by atoms with E-state index in [2.05, 4.69) is 19.9 Å². The second-order valence-electron chi connectivity index (χ2n) is 14.4. The molecular weight excluding hydrogens is 558 g/mol. The Morgan fingerprint density at radius 1 is 1.12 bits per heavy atom. The number of aromatic nitrogens is 1. The van der Waals surface area contributed by atoms with Gasteiger partial charge in [-0.25, -0.2) is 4.98 Å². The lowest BCUT2D eigenvalue weighted by Crippen LogP contribution is -2.63. The molecule has 1 saturated heterocycles. The molecule has 8 rings (SSSR count). The maximum absolute atomic E-state index is 14.7. The van der Waals surface area contributed by atoms with Crippen molar-refractivity contribution < 1.29 is 24.2 Å². The number of ketones is 2. The number of carbonyl (C=O) groups excluding carboxylic acids is 2. The molecule has 1 aromatic carbocycles. The molecule has 5 aliphatic carbocycles. The molecule has 0 amide bonds. The first-order valence-electron chi connectivity index (χ1n) is 16.2. The van der Waals surface area contributed by atoms with Crippen molar-refractivity contribution in [3.8, 4) is 0 Å². The minimum absolute atomic E-state index is 0.00251. The molecule has 7 unspecified atom stereocenters. The average Bonchev–Trinajstić information content (AvgIpc) is 3.71. The smallest absolute Gasteiger partial charge is 0.178 e. The molecule has 1 N–H and O–H groups in total. The quantitative estimate of drug-likeness (QED) is 0.395. The number of carbonyl (C=O) groups is 2. The molecule has 6 nitrogen and oxygen atoms in total. The van der Waals surface area contributed by atoms with Crippen LogP contribution in [0.15, 0.2) is 65.2 Å². The number of allylic oxidation sites excluding steroid dienone is 4. The first kappa shape index (κ1) is 28.2. The van der Waals surface area contributed by atoms with Gasteiger partial charge in [-0.15, -0.1) is 0 Å². The number of benzene rings is 1. The van der Waals surface area contributed by atoms with Crippen LogP contribution in [0, 0.1) is 34.5 Å². The number of rotatable bonds is 5. The standard InChI is InChI=1S/C36H41NO5S/c1-34-16-15-24(38)17-23(34)12-13-25-26-18-30-36(35(26,2)19-28(39)32(25)34,42-33(41-30)22-8-3-4-9-22)29(40)20-43-31-14-11-21-7-5-6-10-27(21)37-31/h5-7,10-11,14-17,22,25-26,28,30,32-33,39H,3-4,8-9,12-13,18-20H2,1-2H3/t25?,26?,28?,30-,32?,33?,34?,35?,36-/m1/s1. The molecule has 0 spiro atoms. The molecule has 0 bridgehead atoms. The molecule has 4 saturated carbocycles. The first-order chi connectivity index (χ1) is 20.7. The summed E-state index contributed by atoms with van der Waals surface area (Å²) in [6, 6.07) is 12.1. The van der Waals surface area contributed by atoms with E-state index in [1.54, 1.807) is 12.2 Å². The second kappa shape index (κ2) is 10.1. The van der Waals surface area contributed by atoms with Crippen molar-refractivity contribution in [2.24, 2.45) is 34.5 Å². The topological polar surface area (TPSA) is 85.7 Å². The molecule has 2 aromatic rings. The SMILES string of the molecule is CC12C=CC(=O)C=C1CCC1C2C(O)CC2(C)C1C[C@H]1OC(C3CCCC3)O[C@]12C(=O)CSc1ccc2ccccc2n1. The van der Waals surface area contributed by atoms with Gasteiger partial charge in [0, 0.05) is 28.1 Å². The van der Waals surface area contributed by atoms with Crippen molar-refractivity contribution >= 4 is 34.2 Å². The van der Waals surface area contributed by atoms with Crippen LogP contribution in [0.1, 0.15) is 65.2 Å². The highest BCUT2D eigenvalue weighted by Crippen LogP contribution is 2.70. The highest BCUT2D eigenvalue weighted by molar-refractivity contribution is 7.99. The first-order valence-corrected chi connectivity index (χ1v) is 17.2. The van der Waals surface area contributed by atoms with Gasteiger partial charge in [0.15, 0.2) is 23.5 Å². The summed E-state index contributed by atoms with van der Waals surface area (Å²) in [6.45, 7) is 4.40. The average molecular weight is 600 g/mol. The predicted molar refractivity (Wildman–Crippen MR) is 165 cm³/mol. The van der Waals surface area contributed by atoms with E-state index in [9.17, 15) is 14.7 Å². The maximum Gasteiger partial charge on any atom is 0.178 e. The van der Waals surface area contributed by atoms with E-state index < -0.39 is 17.1 Å². The van der Waals surface area contributed by atoms with Crippen LogP contribution in [0.25, 0.3) is 10.9 Å². The lowest BCUT2D eigenvalue weighted by molar-refractivity contribution is -0.205. The summed E-state index contributed by atoms with van der Waals surface area (Å²) < 4.78 is 13.8. The van der Waals surface area contributed by atoms with Gasteiger partial charge in [-0.1, -0.05) is 74.4 Å². The van der Waals surface area contributed by atoms with E-state index in [-0.39, 0.29) is 52.9 Å². The van der Waals surface area contributed by atoms with Gasteiger partial charge in [-0.2, -0.15) is 0 Å². The zero-order valence-electron chi connectivity index (χ0n) is 25.0. The number of aliphatic hydroxyl groups excluding tert-OH is 1. The number of nitrogens with zero attached hydrogens (tertiary/aromatic N) is 1. The van der Waals surface area contributed by atoms with Crippen LogP contribution in [0.4, 0.5) is 0 Å². The van der Waals surface area contributed by atoms with Crippen LogP contribution in [-0.4, -0.2) is 51.5 Å². The number of ether oxygens (including phenoxy) is 2. The number of pyridine rings is 1. The van der Waals surface area contributed by atoms with Gasteiger partial charge in [-0.3, -0.25) is 9.59 Å². The van der Waals surface area contributed by atoms with Crippen molar-refractivity contribution in [1.82, 2.24) is 4.98 Å². The summed E-state index contributed by atoms with van der Waals surface area (Å²) in [5.41, 5.74) is 0.0748. The molecule has 1 aliphatic heterocycles. The summed E-state index contributed by atoms with van der Waals surface area (Å²) in [7, 11) is 0. The molecule has 7 heteroatoms. The molecule has 5 fully saturated rings. The third-order valence-corrected chi connectivity index (χ3v) is 13.3. The van der Waals surface area contributed by atoms with E-state index >= 15 is 0 Å². The fraction of sp³-hybridized carbons (Fsp3) is 0.583. The lowest BCUT2D eigenvalue weighted by atomic mass is 9.46. The van der Waals surface area contributed by atoms with Gasteiger partial charge in [0.25, 0.3) is 0 Å². The maximum atomic E-state index is 14.7. The number of fused-ring (bicyclic) bond motifs is 8. The number of thioether (sulfide) groups is 1. The van der Waals surface area contributed by atoms with Crippen molar-refractivity contribution in [2.45, 2.75) is 94.3 Å². The van der Waals surface area contributed by atoms with Crippen LogP contribution in [-0.2, 0) is 19.1 Å².